The van der Waals surface area contributed by atoms with Crippen LogP contribution in [0.25, 0.3) is 0 Å². The van der Waals surface area contributed by atoms with Crippen molar-refractivity contribution in [1.29, 1.82) is 0 Å². The number of rotatable bonds is 4. The lowest BCUT2D eigenvalue weighted by Gasteiger charge is -2.36. The van der Waals surface area contributed by atoms with Gasteiger partial charge in [0.25, 0.3) is 0 Å². The summed E-state index contributed by atoms with van der Waals surface area (Å²) in [5.74, 6) is 0.0763. The molecule has 1 aliphatic rings. The van der Waals surface area contributed by atoms with Gasteiger partial charge in [-0.15, -0.1) is 24.0 Å². The van der Waals surface area contributed by atoms with E-state index in [4.69, 9.17) is 23.1 Å². The Morgan fingerprint density at radius 1 is 1.04 bits per heavy atom. The molecule has 0 radical (unpaired) electrons. The molecule has 2 aromatic rings. The third kappa shape index (κ3) is 5.74. The van der Waals surface area contributed by atoms with Crippen molar-refractivity contribution in [3.63, 3.8) is 0 Å². The second-order valence-electron chi connectivity index (χ2n) is 6.19. The molecule has 6 nitrogen and oxygen atoms in total. The number of benzene rings is 2. The van der Waals surface area contributed by atoms with Crippen LogP contribution in [-0.2, 0) is 6.54 Å². The van der Waals surface area contributed by atoms with Crippen molar-refractivity contribution in [3.05, 3.63) is 64.7 Å². The lowest BCUT2D eigenvalue weighted by Crippen LogP contribution is -2.51. The number of halogens is 2. The third-order valence-corrected chi connectivity index (χ3v) is 4.68. The van der Waals surface area contributed by atoms with E-state index in [-0.39, 0.29) is 24.0 Å². The van der Waals surface area contributed by atoms with Crippen LogP contribution in [0.3, 0.4) is 0 Å². The molecular formula is C19H23ClIN5O. The molecule has 8 heteroatoms. The van der Waals surface area contributed by atoms with Crippen LogP contribution in [0.1, 0.15) is 15.9 Å². The number of carbonyl (C=O) groups is 1. The molecule has 1 saturated heterocycles. The van der Waals surface area contributed by atoms with Gasteiger partial charge in [0.2, 0.25) is 5.91 Å². The van der Waals surface area contributed by atoms with Gasteiger partial charge in [0, 0.05) is 42.5 Å². The average molecular weight is 500 g/mol. The second-order valence-corrected chi connectivity index (χ2v) is 6.63. The quantitative estimate of drug-likeness (QED) is 0.385. The lowest BCUT2D eigenvalue weighted by molar-refractivity contribution is 0.1000. The Labute approximate surface area is 181 Å². The summed E-state index contributed by atoms with van der Waals surface area (Å²) in [5.41, 5.74) is 14.0. The van der Waals surface area contributed by atoms with Crippen molar-refractivity contribution in [3.8, 4) is 0 Å². The lowest BCUT2D eigenvalue weighted by atomic mass is 10.1. The monoisotopic (exact) mass is 499 g/mol. The maximum absolute atomic E-state index is 11.2. The Balaban J connectivity index is 0.00000261. The number of nitrogens with two attached hydrogens (primary N) is 2. The van der Waals surface area contributed by atoms with Crippen LogP contribution in [0.5, 0.6) is 0 Å². The van der Waals surface area contributed by atoms with E-state index in [2.05, 4.69) is 14.8 Å². The van der Waals surface area contributed by atoms with Gasteiger partial charge in [0.1, 0.15) is 0 Å². The summed E-state index contributed by atoms with van der Waals surface area (Å²) in [5, 5.41) is 0.740. The molecule has 1 heterocycles. The zero-order valence-electron chi connectivity index (χ0n) is 14.8. The second kappa shape index (κ2) is 9.80. The molecule has 0 saturated carbocycles. The summed E-state index contributed by atoms with van der Waals surface area (Å²) in [4.78, 5) is 20.1. The predicted octanol–water partition coefficient (Wildman–Crippen LogP) is 2.69. The number of carbonyl (C=O) groups excluding carboxylic acids is 1. The van der Waals surface area contributed by atoms with Crippen LogP contribution in [0.2, 0.25) is 5.02 Å². The molecule has 0 aliphatic carbocycles. The minimum atomic E-state index is -0.442. The van der Waals surface area contributed by atoms with Crippen molar-refractivity contribution >= 4 is 53.1 Å². The first kappa shape index (κ1) is 21.3. The molecule has 0 atom stereocenters. The summed E-state index contributed by atoms with van der Waals surface area (Å²) >= 11 is 5.94. The van der Waals surface area contributed by atoms with Gasteiger partial charge in [0.05, 0.1) is 6.54 Å². The molecule has 144 valence electrons. The van der Waals surface area contributed by atoms with Crippen LogP contribution < -0.4 is 16.4 Å². The highest BCUT2D eigenvalue weighted by molar-refractivity contribution is 14.0. The molecule has 1 fully saturated rings. The number of nitrogens with zero attached hydrogens (tertiary/aromatic N) is 3. The molecule has 0 spiro atoms. The summed E-state index contributed by atoms with van der Waals surface area (Å²) in [6.45, 7) is 3.77. The van der Waals surface area contributed by atoms with E-state index in [1.54, 1.807) is 18.2 Å². The topological polar surface area (TPSA) is 87.9 Å². The molecule has 0 bridgehead atoms. The molecule has 2 aromatic carbocycles. The number of anilines is 1. The van der Waals surface area contributed by atoms with Crippen LogP contribution in [0, 0.1) is 0 Å². The highest BCUT2D eigenvalue weighted by Crippen LogP contribution is 2.19. The number of guanidine groups is 1. The molecule has 27 heavy (non-hydrogen) atoms. The SMILES string of the molecule is I.NC(=O)c1cccc(CN=C(N)N2CCN(c3ccc(Cl)cc3)CC2)c1. The molecule has 3 rings (SSSR count). The normalized spacial score (nSPS) is 14.6. The highest BCUT2D eigenvalue weighted by Gasteiger charge is 2.18. The van der Waals surface area contributed by atoms with Crippen LogP contribution in [-0.4, -0.2) is 42.9 Å². The Hall–Kier alpha value is -2.00. The van der Waals surface area contributed by atoms with Crippen LogP contribution in [0.15, 0.2) is 53.5 Å². The summed E-state index contributed by atoms with van der Waals surface area (Å²) < 4.78 is 0. The largest absolute Gasteiger partial charge is 0.370 e. The van der Waals surface area contributed by atoms with Gasteiger partial charge in [0.15, 0.2) is 5.96 Å². The van der Waals surface area contributed by atoms with E-state index in [0.717, 1.165) is 42.5 Å². The molecule has 1 aliphatic heterocycles. The predicted molar refractivity (Wildman–Crippen MR) is 121 cm³/mol. The molecule has 0 aromatic heterocycles. The number of hydrogen-bond acceptors (Lipinski definition) is 3. The van der Waals surface area contributed by atoms with Crippen LogP contribution >= 0.6 is 35.6 Å². The van der Waals surface area contributed by atoms with Gasteiger partial charge in [-0.1, -0.05) is 23.7 Å². The van der Waals surface area contributed by atoms with E-state index in [1.165, 1.54) is 0 Å². The summed E-state index contributed by atoms with van der Waals surface area (Å²) in [7, 11) is 0. The van der Waals surface area contributed by atoms with Gasteiger partial charge >= 0.3 is 0 Å². The first-order valence-corrected chi connectivity index (χ1v) is 8.85. The van der Waals surface area contributed by atoms with E-state index in [1.807, 2.05) is 30.3 Å². The summed E-state index contributed by atoms with van der Waals surface area (Å²) in [6, 6.07) is 15.0. The Morgan fingerprint density at radius 3 is 2.33 bits per heavy atom. The molecule has 0 unspecified atom stereocenters. The van der Waals surface area contributed by atoms with Crippen molar-refractivity contribution in [2.75, 3.05) is 31.1 Å². The van der Waals surface area contributed by atoms with Gasteiger partial charge in [-0.3, -0.25) is 4.79 Å². The maximum Gasteiger partial charge on any atom is 0.248 e. The van der Waals surface area contributed by atoms with Crippen LogP contribution in [0.4, 0.5) is 5.69 Å². The van der Waals surface area contributed by atoms with E-state index >= 15 is 0 Å². The first-order chi connectivity index (χ1) is 12.5. The van der Waals surface area contributed by atoms with Gasteiger partial charge in [-0.2, -0.15) is 0 Å². The smallest absolute Gasteiger partial charge is 0.248 e. The zero-order valence-corrected chi connectivity index (χ0v) is 17.9. The van der Waals surface area contributed by atoms with E-state index in [0.29, 0.717) is 18.1 Å². The molecule has 1 amide bonds. The van der Waals surface area contributed by atoms with Crippen molar-refractivity contribution in [2.24, 2.45) is 16.5 Å². The van der Waals surface area contributed by atoms with Gasteiger partial charge in [-0.25, -0.2) is 4.99 Å². The fraction of sp³-hybridized carbons (Fsp3) is 0.263. The van der Waals surface area contributed by atoms with Gasteiger partial charge < -0.3 is 21.3 Å². The highest BCUT2D eigenvalue weighted by atomic mass is 127. The fourth-order valence-corrected chi connectivity index (χ4v) is 3.07. The Bertz CT molecular complexity index is 804. The Kier molecular flexibility index (Phi) is 7.73. The number of piperazine rings is 1. The zero-order chi connectivity index (χ0) is 18.5. The minimum Gasteiger partial charge on any atom is -0.370 e. The summed E-state index contributed by atoms with van der Waals surface area (Å²) in [6.07, 6.45) is 0. The Morgan fingerprint density at radius 2 is 1.70 bits per heavy atom. The third-order valence-electron chi connectivity index (χ3n) is 4.43. The number of hydrogen-bond donors (Lipinski definition) is 2. The minimum absolute atomic E-state index is 0. The maximum atomic E-state index is 11.2. The molecular weight excluding hydrogens is 477 g/mol. The van der Waals surface area contributed by atoms with Crippen molar-refractivity contribution < 1.29 is 4.79 Å². The average Bonchev–Trinajstić information content (AvgIpc) is 2.67. The van der Waals surface area contributed by atoms with E-state index in [9.17, 15) is 4.79 Å². The number of amides is 1. The van der Waals surface area contributed by atoms with E-state index < -0.39 is 5.91 Å². The number of aliphatic imine (C=N–C) groups is 1. The van der Waals surface area contributed by atoms with Crippen molar-refractivity contribution in [1.82, 2.24) is 4.90 Å². The standard InChI is InChI=1S/C19H22ClN5O.HI/c20-16-4-6-17(7-5-16)24-8-10-25(11-9-24)19(22)23-13-14-2-1-3-15(12-14)18(21)26;/h1-7,12H,8-11,13H2,(H2,21,26)(H2,22,23);1H. The fourth-order valence-electron chi connectivity index (χ4n) is 2.94. The first-order valence-electron chi connectivity index (χ1n) is 8.47. The van der Waals surface area contributed by atoms with Gasteiger partial charge in [-0.05, 0) is 42.0 Å². The van der Waals surface area contributed by atoms with Crippen molar-refractivity contribution in [2.45, 2.75) is 6.54 Å². The molecule has 4 N–H and O–H groups in total. The number of primary amides is 1.